The van der Waals surface area contributed by atoms with Gasteiger partial charge in [0.05, 0.1) is 22.9 Å². The normalized spacial score (nSPS) is 11.3. The van der Waals surface area contributed by atoms with Crippen molar-refractivity contribution < 1.29 is 0 Å². The fourth-order valence-electron chi connectivity index (χ4n) is 0.946. The van der Waals surface area contributed by atoms with Crippen molar-refractivity contribution >= 4 is 28.6 Å². The topological polar surface area (TPSA) is 3.24 Å². The summed E-state index contributed by atoms with van der Waals surface area (Å²) in [5, 5.41) is 0. The molecule has 0 aliphatic carbocycles. The van der Waals surface area contributed by atoms with Crippen LogP contribution in [0.2, 0.25) is 0 Å². The highest BCUT2D eigenvalue weighted by atomic mass is 127. The molecule has 0 heterocycles. The van der Waals surface area contributed by atoms with Gasteiger partial charge < -0.3 is 3.11 Å². The fourth-order valence-corrected chi connectivity index (χ4v) is 1.27. The van der Waals surface area contributed by atoms with Crippen molar-refractivity contribution in [1.82, 2.24) is 0 Å². The number of hydrogen-bond acceptors (Lipinski definition) is 1. The molecular formula is C10H14IN. The highest BCUT2D eigenvalue weighted by Gasteiger charge is 2.18. The summed E-state index contributed by atoms with van der Waals surface area (Å²) in [5.41, 5.74) is 1.44. The zero-order valence-electron chi connectivity index (χ0n) is 7.71. The first kappa shape index (κ1) is 9.84. The van der Waals surface area contributed by atoms with E-state index in [4.69, 9.17) is 0 Å². The highest BCUT2D eigenvalue weighted by molar-refractivity contribution is 14.1. The van der Waals surface area contributed by atoms with E-state index in [0.717, 1.165) is 0 Å². The van der Waals surface area contributed by atoms with Crippen LogP contribution in [0.5, 0.6) is 0 Å². The molecule has 0 aromatic heterocycles. The maximum atomic E-state index is 2.35. The standard InChI is InChI=1S/C10H14IN/c1-10(2,3)12(11)9-7-5-4-6-8-9/h4-8H,1-3H3. The van der Waals surface area contributed by atoms with Gasteiger partial charge in [0.1, 0.15) is 0 Å². The Morgan fingerprint density at radius 1 is 1.08 bits per heavy atom. The van der Waals surface area contributed by atoms with Crippen molar-refractivity contribution in [3.8, 4) is 0 Å². The van der Waals surface area contributed by atoms with Gasteiger partial charge in [-0.1, -0.05) is 18.2 Å². The maximum Gasteiger partial charge on any atom is 0.0596 e. The number of rotatable bonds is 1. The van der Waals surface area contributed by atoms with Gasteiger partial charge in [0, 0.05) is 11.2 Å². The number of anilines is 1. The van der Waals surface area contributed by atoms with Crippen LogP contribution < -0.4 is 3.11 Å². The van der Waals surface area contributed by atoms with Crippen LogP contribution in [-0.4, -0.2) is 5.54 Å². The highest BCUT2D eigenvalue weighted by Crippen LogP contribution is 2.26. The van der Waals surface area contributed by atoms with Crippen LogP contribution in [0.15, 0.2) is 30.3 Å². The molecule has 12 heavy (non-hydrogen) atoms. The minimum Gasteiger partial charge on any atom is -0.310 e. The van der Waals surface area contributed by atoms with E-state index < -0.39 is 0 Å². The second-order valence-electron chi connectivity index (χ2n) is 3.79. The van der Waals surface area contributed by atoms with Gasteiger partial charge >= 0.3 is 0 Å². The molecule has 0 fully saturated rings. The summed E-state index contributed by atoms with van der Waals surface area (Å²) in [7, 11) is 0. The molecule has 0 radical (unpaired) electrons. The fraction of sp³-hybridized carbons (Fsp3) is 0.400. The van der Waals surface area contributed by atoms with E-state index in [1.165, 1.54) is 5.69 Å². The maximum absolute atomic E-state index is 2.35. The summed E-state index contributed by atoms with van der Waals surface area (Å²) in [6.45, 7) is 6.60. The molecule has 0 bridgehead atoms. The van der Waals surface area contributed by atoms with Crippen LogP contribution in [0.3, 0.4) is 0 Å². The van der Waals surface area contributed by atoms with Crippen LogP contribution in [0.4, 0.5) is 5.69 Å². The Bertz CT molecular complexity index is 238. The van der Waals surface area contributed by atoms with Gasteiger partial charge in [0.25, 0.3) is 0 Å². The Morgan fingerprint density at radius 3 is 2.00 bits per heavy atom. The lowest BCUT2D eigenvalue weighted by Gasteiger charge is -2.31. The van der Waals surface area contributed by atoms with Gasteiger partial charge in [-0.05, 0) is 32.9 Å². The third-order valence-corrected chi connectivity index (χ3v) is 3.58. The molecule has 1 nitrogen and oxygen atoms in total. The monoisotopic (exact) mass is 275 g/mol. The van der Waals surface area contributed by atoms with Crippen molar-refractivity contribution in [1.29, 1.82) is 0 Å². The average Bonchev–Trinajstić information content (AvgIpc) is 2.03. The first-order valence-corrected chi connectivity index (χ1v) is 4.99. The molecule has 0 saturated heterocycles. The number of nitrogens with zero attached hydrogens (tertiary/aromatic N) is 1. The van der Waals surface area contributed by atoms with E-state index >= 15 is 0 Å². The summed E-state index contributed by atoms with van der Waals surface area (Å²) in [5.74, 6) is 0. The minimum atomic E-state index is 0.182. The summed E-state index contributed by atoms with van der Waals surface area (Å²) in [6.07, 6.45) is 0. The molecule has 0 saturated carbocycles. The molecule has 0 atom stereocenters. The first-order chi connectivity index (χ1) is 5.52. The summed E-state index contributed by atoms with van der Waals surface area (Å²) in [6, 6.07) is 10.4. The zero-order chi connectivity index (χ0) is 9.19. The lowest BCUT2D eigenvalue weighted by molar-refractivity contribution is 0.601. The number of halogens is 1. The Hall–Kier alpha value is -0.250. The van der Waals surface area contributed by atoms with Gasteiger partial charge in [0.2, 0.25) is 0 Å². The summed E-state index contributed by atoms with van der Waals surface area (Å²) in [4.78, 5) is 0. The van der Waals surface area contributed by atoms with E-state index in [-0.39, 0.29) is 5.54 Å². The quantitative estimate of drug-likeness (QED) is 0.558. The van der Waals surface area contributed by atoms with Crippen LogP contribution in [0.1, 0.15) is 20.8 Å². The smallest absolute Gasteiger partial charge is 0.0596 e. The molecule has 1 aromatic rings. The van der Waals surface area contributed by atoms with E-state index in [2.05, 4.69) is 71.0 Å². The molecular weight excluding hydrogens is 261 g/mol. The SMILES string of the molecule is CC(C)(C)N(I)c1ccccc1. The number of para-hydroxylation sites is 1. The molecule has 2 heteroatoms. The summed E-state index contributed by atoms with van der Waals surface area (Å²) >= 11 is 2.35. The van der Waals surface area contributed by atoms with Crippen LogP contribution >= 0.6 is 22.9 Å². The van der Waals surface area contributed by atoms with E-state index in [1.807, 2.05) is 6.07 Å². The number of hydrogen-bond donors (Lipinski definition) is 0. The molecule has 0 N–H and O–H groups in total. The molecule has 0 spiro atoms. The first-order valence-electron chi connectivity index (χ1n) is 4.03. The zero-order valence-corrected chi connectivity index (χ0v) is 9.87. The predicted octanol–water partition coefficient (Wildman–Crippen LogP) is 3.64. The Morgan fingerprint density at radius 2 is 1.58 bits per heavy atom. The van der Waals surface area contributed by atoms with E-state index in [0.29, 0.717) is 0 Å². The Balaban J connectivity index is 2.86. The van der Waals surface area contributed by atoms with Crippen LogP contribution in [0, 0.1) is 0 Å². The van der Waals surface area contributed by atoms with Gasteiger partial charge in [-0.3, -0.25) is 0 Å². The van der Waals surface area contributed by atoms with Crippen LogP contribution in [0.25, 0.3) is 0 Å². The molecule has 0 unspecified atom stereocenters. The molecule has 0 aliphatic rings. The summed E-state index contributed by atoms with van der Waals surface area (Å²) < 4.78 is 2.24. The Labute approximate surface area is 88.3 Å². The van der Waals surface area contributed by atoms with Gasteiger partial charge in [0.15, 0.2) is 0 Å². The largest absolute Gasteiger partial charge is 0.310 e. The van der Waals surface area contributed by atoms with E-state index in [1.54, 1.807) is 0 Å². The lowest BCUT2D eigenvalue weighted by Crippen LogP contribution is -2.32. The molecule has 1 aromatic carbocycles. The second kappa shape index (κ2) is 3.64. The van der Waals surface area contributed by atoms with Crippen molar-refractivity contribution in [3.63, 3.8) is 0 Å². The predicted molar refractivity (Wildman–Crippen MR) is 62.7 cm³/mol. The lowest BCUT2D eigenvalue weighted by atomic mass is 10.1. The molecule has 0 aliphatic heterocycles. The van der Waals surface area contributed by atoms with Crippen molar-refractivity contribution in [2.75, 3.05) is 3.11 Å². The van der Waals surface area contributed by atoms with E-state index in [9.17, 15) is 0 Å². The van der Waals surface area contributed by atoms with Gasteiger partial charge in [-0.15, -0.1) is 0 Å². The molecule has 1 rings (SSSR count). The van der Waals surface area contributed by atoms with Gasteiger partial charge in [-0.2, -0.15) is 0 Å². The van der Waals surface area contributed by atoms with Gasteiger partial charge in [-0.25, -0.2) is 0 Å². The Kier molecular flexibility index (Phi) is 2.99. The molecule has 66 valence electrons. The second-order valence-corrected chi connectivity index (χ2v) is 4.75. The third kappa shape index (κ3) is 2.37. The third-order valence-electron chi connectivity index (χ3n) is 1.57. The van der Waals surface area contributed by atoms with Crippen LogP contribution in [-0.2, 0) is 0 Å². The number of benzene rings is 1. The van der Waals surface area contributed by atoms with Crippen molar-refractivity contribution in [2.24, 2.45) is 0 Å². The van der Waals surface area contributed by atoms with Crippen molar-refractivity contribution in [2.45, 2.75) is 26.3 Å². The minimum absolute atomic E-state index is 0.182. The van der Waals surface area contributed by atoms with Crippen molar-refractivity contribution in [3.05, 3.63) is 30.3 Å². The average molecular weight is 275 g/mol. The molecule has 0 amide bonds.